The Morgan fingerprint density at radius 3 is 2.96 bits per heavy atom. The Labute approximate surface area is 136 Å². The summed E-state index contributed by atoms with van der Waals surface area (Å²) in [5.74, 6) is -0.132. The molecule has 0 aliphatic heterocycles. The number of aromatic nitrogens is 4. The minimum Gasteiger partial charge on any atom is -0.486 e. The second-order valence-electron chi connectivity index (χ2n) is 4.77. The van der Waals surface area contributed by atoms with Crippen molar-refractivity contribution >= 4 is 17.7 Å². The van der Waals surface area contributed by atoms with E-state index < -0.39 is 5.91 Å². The summed E-state index contributed by atoms with van der Waals surface area (Å²) >= 11 is 0. The molecule has 3 aromatic heterocycles. The van der Waals surface area contributed by atoms with E-state index in [9.17, 15) is 9.59 Å². The minimum absolute atomic E-state index is 0.0255. The van der Waals surface area contributed by atoms with Crippen molar-refractivity contribution in [2.75, 3.05) is 7.11 Å². The zero-order valence-corrected chi connectivity index (χ0v) is 12.7. The third-order valence-electron chi connectivity index (χ3n) is 3.35. The number of rotatable bonds is 6. The van der Waals surface area contributed by atoms with Gasteiger partial charge in [-0.15, -0.1) is 0 Å². The number of carbonyl (C=O) groups excluding carboxylic acids is 2. The summed E-state index contributed by atoms with van der Waals surface area (Å²) < 4.78 is 12.1. The molecule has 0 radical (unpaired) electrons. The lowest BCUT2D eigenvalue weighted by molar-refractivity contribution is 0.0992. The summed E-state index contributed by atoms with van der Waals surface area (Å²) in [5, 5.41) is 4.11. The molecule has 0 aliphatic rings. The van der Waals surface area contributed by atoms with E-state index in [2.05, 4.69) is 15.1 Å². The van der Waals surface area contributed by atoms with Crippen molar-refractivity contribution in [2.45, 2.75) is 6.61 Å². The van der Waals surface area contributed by atoms with Crippen LogP contribution in [0.5, 0.6) is 11.6 Å². The predicted molar refractivity (Wildman–Crippen MR) is 82.0 cm³/mol. The standard InChI is InChI=1S/C15H13N5O4/c1-23-13-4-9(7-21)12(6-18-13)24-8-10-11-5-17-2-3-20(11)19-14(10)15(16)22/h2-7H,8H2,1H3,(H2,16,22). The van der Waals surface area contributed by atoms with Gasteiger partial charge in [-0.3, -0.25) is 14.6 Å². The Hall–Kier alpha value is -3.49. The Bertz CT molecular complexity index is 921. The lowest BCUT2D eigenvalue weighted by atomic mass is 10.2. The maximum absolute atomic E-state index is 11.6. The molecular formula is C15H13N5O4. The lowest BCUT2D eigenvalue weighted by Gasteiger charge is -2.09. The van der Waals surface area contributed by atoms with Crippen molar-refractivity contribution in [3.05, 3.63) is 47.7 Å². The minimum atomic E-state index is -0.680. The molecule has 2 N–H and O–H groups in total. The quantitative estimate of drug-likeness (QED) is 0.659. The third kappa shape index (κ3) is 2.74. The van der Waals surface area contributed by atoms with Crippen molar-refractivity contribution in [3.8, 4) is 11.6 Å². The molecular weight excluding hydrogens is 314 g/mol. The van der Waals surface area contributed by atoms with Gasteiger partial charge < -0.3 is 15.2 Å². The molecule has 0 bridgehead atoms. The van der Waals surface area contributed by atoms with Crippen LogP contribution in [0.4, 0.5) is 0 Å². The molecule has 0 aromatic carbocycles. The molecule has 3 rings (SSSR count). The number of amides is 1. The zero-order valence-electron chi connectivity index (χ0n) is 12.7. The van der Waals surface area contributed by atoms with Crippen molar-refractivity contribution in [1.29, 1.82) is 0 Å². The van der Waals surface area contributed by atoms with Crippen LogP contribution in [0, 0.1) is 0 Å². The molecule has 0 atom stereocenters. The Morgan fingerprint density at radius 2 is 2.25 bits per heavy atom. The molecule has 24 heavy (non-hydrogen) atoms. The average molecular weight is 327 g/mol. The summed E-state index contributed by atoms with van der Waals surface area (Å²) in [7, 11) is 1.45. The first kappa shape index (κ1) is 15.4. The normalized spacial score (nSPS) is 10.5. The molecule has 1 amide bonds. The summed E-state index contributed by atoms with van der Waals surface area (Å²) in [6.07, 6.45) is 6.68. The molecule has 0 aliphatic carbocycles. The summed E-state index contributed by atoms with van der Waals surface area (Å²) in [4.78, 5) is 30.8. The van der Waals surface area contributed by atoms with Gasteiger partial charge >= 0.3 is 0 Å². The molecule has 0 spiro atoms. The molecule has 9 heteroatoms. The van der Waals surface area contributed by atoms with Gasteiger partial charge in [-0.05, 0) is 0 Å². The molecule has 3 heterocycles. The van der Waals surface area contributed by atoms with Gasteiger partial charge in [0.05, 0.1) is 30.6 Å². The molecule has 0 fully saturated rings. The van der Waals surface area contributed by atoms with Crippen molar-refractivity contribution in [1.82, 2.24) is 19.6 Å². The fourth-order valence-electron chi connectivity index (χ4n) is 2.20. The largest absolute Gasteiger partial charge is 0.486 e. The Kier molecular flexibility index (Phi) is 4.06. The van der Waals surface area contributed by atoms with Crippen LogP contribution in [-0.4, -0.2) is 38.9 Å². The molecule has 0 unspecified atom stereocenters. The highest BCUT2D eigenvalue weighted by Gasteiger charge is 2.18. The number of hydrogen-bond acceptors (Lipinski definition) is 7. The van der Waals surface area contributed by atoms with Gasteiger partial charge in [-0.1, -0.05) is 0 Å². The first-order valence-corrected chi connectivity index (χ1v) is 6.87. The van der Waals surface area contributed by atoms with Gasteiger partial charge in [-0.25, -0.2) is 9.50 Å². The number of nitrogens with zero attached hydrogens (tertiary/aromatic N) is 4. The van der Waals surface area contributed by atoms with E-state index in [1.54, 1.807) is 12.4 Å². The van der Waals surface area contributed by atoms with Crippen LogP contribution < -0.4 is 15.2 Å². The summed E-state index contributed by atoms with van der Waals surface area (Å²) in [6, 6.07) is 1.45. The summed E-state index contributed by atoms with van der Waals surface area (Å²) in [5.41, 5.74) is 6.78. The fourth-order valence-corrected chi connectivity index (χ4v) is 2.20. The van der Waals surface area contributed by atoms with E-state index >= 15 is 0 Å². The zero-order chi connectivity index (χ0) is 17.1. The molecule has 0 saturated heterocycles. The molecule has 9 nitrogen and oxygen atoms in total. The van der Waals surface area contributed by atoms with Gasteiger partial charge in [0.25, 0.3) is 5.91 Å². The topological polar surface area (TPSA) is 122 Å². The van der Waals surface area contributed by atoms with Crippen molar-refractivity contribution < 1.29 is 19.1 Å². The second kappa shape index (κ2) is 6.32. The van der Waals surface area contributed by atoms with E-state index in [0.29, 0.717) is 23.2 Å². The number of pyridine rings is 1. The van der Waals surface area contributed by atoms with Crippen LogP contribution in [-0.2, 0) is 6.61 Å². The van der Waals surface area contributed by atoms with Gasteiger partial charge in [0.2, 0.25) is 5.88 Å². The highest BCUT2D eigenvalue weighted by atomic mass is 16.5. The van der Waals surface area contributed by atoms with Gasteiger partial charge in [0.1, 0.15) is 12.4 Å². The summed E-state index contributed by atoms with van der Waals surface area (Å²) in [6.45, 7) is -0.0255. The van der Waals surface area contributed by atoms with Crippen LogP contribution >= 0.6 is 0 Å². The fraction of sp³-hybridized carbons (Fsp3) is 0.133. The van der Waals surface area contributed by atoms with Crippen molar-refractivity contribution in [3.63, 3.8) is 0 Å². The number of nitrogens with two attached hydrogens (primary N) is 1. The monoisotopic (exact) mass is 327 g/mol. The van der Waals surface area contributed by atoms with Crippen LogP contribution in [0.2, 0.25) is 0 Å². The smallest absolute Gasteiger partial charge is 0.269 e. The van der Waals surface area contributed by atoms with Crippen LogP contribution in [0.1, 0.15) is 26.4 Å². The Morgan fingerprint density at radius 1 is 1.42 bits per heavy atom. The number of methoxy groups -OCH3 is 1. The van der Waals surface area contributed by atoms with E-state index in [1.165, 1.54) is 30.1 Å². The number of hydrogen-bond donors (Lipinski definition) is 1. The SMILES string of the molecule is COc1cc(C=O)c(OCc2c(C(N)=O)nn3ccncc23)cn1. The maximum atomic E-state index is 11.6. The van der Waals surface area contributed by atoms with E-state index in [1.807, 2.05) is 0 Å². The average Bonchev–Trinajstić information content (AvgIpc) is 2.98. The number of aldehydes is 1. The predicted octanol–water partition coefficient (Wildman–Crippen LogP) is 0.623. The number of carbonyl (C=O) groups is 2. The van der Waals surface area contributed by atoms with Crippen LogP contribution in [0.15, 0.2) is 30.9 Å². The highest BCUT2D eigenvalue weighted by Crippen LogP contribution is 2.23. The highest BCUT2D eigenvalue weighted by molar-refractivity contribution is 5.94. The van der Waals surface area contributed by atoms with Gasteiger partial charge in [0.15, 0.2) is 12.0 Å². The van der Waals surface area contributed by atoms with Crippen molar-refractivity contribution in [2.24, 2.45) is 5.73 Å². The van der Waals surface area contributed by atoms with E-state index in [0.717, 1.165) is 0 Å². The molecule has 3 aromatic rings. The van der Waals surface area contributed by atoms with Gasteiger partial charge in [0, 0.05) is 24.0 Å². The molecule has 122 valence electrons. The van der Waals surface area contributed by atoms with E-state index in [4.69, 9.17) is 15.2 Å². The maximum Gasteiger partial charge on any atom is 0.269 e. The first-order chi connectivity index (χ1) is 11.6. The molecule has 0 saturated carbocycles. The van der Waals surface area contributed by atoms with E-state index in [-0.39, 0.29) is 23.6 Å². The number of primary amides is 1. The van der Waals surface area contributed by atoms with Crippen LogP contribution in [0.3, 0.4) is 0 Å². The number of fused-ring (bicyclic) bond motifs is 1. The second-order valence-corrected chi connectivity index (χ2v) is 4.77. The first-order valence-electron chi connectivity index (χ1n) is 6.87. The van der Waals surface area contributed by atoms with Gasteiger partial charge in [-0.2, -0.15) is 5.10 Å². The van der Waals surface area contributed by atoms with Crippen LogP contribution in [0.25, 0.3) is 5.52 Å². The number of ether oxygens (including phenoxy) is 2. The third-order valence-corrected chi connectivity index (χ3v) is 3.35. The Balaban J connectivity index is 1.95. The lowest BCUT2D eigenvalue weighted by Crippen LogP contribution is -2.15.